The molecule has 0 saturated carbocycles. The number of aryl methyl sites for hydroxylation is 1. The molecule has 4 rings (SSSR count). The minimum Gasteiger partial charge on any atom is -0.481 e. The zero-order valence-corrected chi connectivity index (χ0v) is 13.9. The van der Waals surface area contributed by atoms with Gasteiger partial charge in [-0.05, 0) is 24.3 Å². The zero-order chi connectivity index (χ0) is 18.3. The fourth-order valence-corrected chi connectivity index (χ4v) is 3.12. The van der Waals surface area contributed by atoms with Crippen molar-refractivity contribution in [2.45, 2.75) is 5.92 Å². The Labute approximate surface area is 148 Å². The lowest BCUT2D eigenvalue weighted by molar-refractivity contribution is -0.118. The fraction of sp³-hybridized carbons (Fsp3) is 0.158. The number of ether oxygens (including phenoxy) is 1. The van der Waals surface area contributed by atoms with Gasteiger partial charge in [0.25, 0.3) is 5.91 Å². The number of imidazole rings is 1. The van der Waals surface area contributed by atoms with Crippen molar-refractivity contribution in [2.24, 2.45) is 7.05 Å². The maximum atomic E-state index is 13.1. The van der Waals surface area contributed by atoms with Crippen LogP contribution in [0.3, 0.4) is 0 Å². The normalized spacial score (nSPS) is 14.1. The first kappa shape index (κ1) is 15.8. The van der Waals surface area contributed by atoms with Gasteiger partial charge in [0.1, 0.15) is 5.82 Å². The molecular formula is C19H14N4O3. The highest BCUT2D eigenvalue weighted by Gasteiger charge is 2.31. The van der Waals surface area contributed by atoms with Crippen molar-refractivity contribution in [1.82, 2.24) is 9.55 Å². The fourth-order valence-electron chi connectivity index (χ4n) is 3.12. The van der Waals surface area contributed by atoms with Gasteiger partial charge in [-0.25, -0.2) is 4.98 Å². The molecular weight excluding hydrogens is 332 g/mol. The number of para-hydroxylation sites is 3. The van der Waals surface area contributed by atoms with Crippen LogP contribution in [0.25, 0.3) is 11.0 Å². The summed E-state index contributed by atoms with van der Waals surface area (Å²) in [6.07, 6.45) is 0. The predicted molar refractivity (Wildman–Crippen MR) is 94.0 cm³/mol. The largest absolute Gasteiger partial charge is 0.481 e. The van der Waals surface area contributed by atoms with Crippen LogP contribution in [0.1, 0.15) is 22.1 Å². The number of hydrogen-bond acceptors (Lipinski definition) is 5. The SMILES string of the molecule is Cn1c(C(C#N)C(=O)c2cccc3c2OCC(=O)N3)nc2ccccc21. The molecule has 128 valence electrons. The quantitative estimate of drug-likeness (QED) is 0.735. The van der Waals surface area contributed by atoms with Crippen molar-refractivity contribution in [3.63, 3.8) is 0 Å². The summed E-state index contributed by atoms with van der Waals surface area (Å²) in [7, 11) is 1.78. The summed E-state index contributed by atoms with van der Waals surface area (Å²) in [6.45, 7) is -0.166. The molecule has 1 unspecified atom stereocenters. The first-order valence-electron chi connectivity index (χ1n) is 8.01. The average molecular weight is 346 g/mol. The van der Waals surface area contributed by atoms with E-state index in [0.29, 0.717) is 11.5 Å². The number of ketones is 1. The third kappa shape index (κ3) is 2.40. The van der Waals surface area contributed by atoms with Crippen molar-refractivity contribution in [3.05, 3.63) is 53.9 Å². The Kier molecular flexibility index (Phi) is 3.66. The second-order valence-corrected chi connectivity index (χ2v) is 5.96. The molecule has 2 aromatic carbocycles. The van der Waals surface area contributed by atoms with E-state index < -0.39 is 11.7 Å². The zero-order valence-electron chi connectivity index (χ0n) is 13.9. The molecule has 0 radical (unpaired) electrons. The van der Waals surface area contributed by atoms with E-state index >= 15 is 0 Å². The van der Waals surface area contributed by atoms with E-state index in [4.69, 9.17) is 4.74 Å². The van der Waals surface area contributed by atoms with Gasteiger partial charge in [0.05, 0.1) is 28.4 Å². The van der Waals surface area contributed by atoms with Gasteiger partial charge in [0.2, 0.25) is 0 Å². The van der Waals surface area contributed by atoms with Gasteiger partial charge in [-0.1, -0.05) is 18.2 Å². The number of nitrogens with one attached hydrogen (secondary N) is 1. The van der Waals surface area contributed by atoms with Crippen molar-refractivity contribution in [2.75, 3.05) is 11.9 Å². The van der Waals surface area contributed by atoms with Crippen LogP contribution >= 0.6 is 0 Å². The van der Waals surface area contributed by atoms with Crippen LogP contribution in [0.2, 0.25) is 0 Å². The van der Waals surface area contributed by atoms with Crippen LogP contribution in [0.4, 0.5) is 5.69 Å². The Bertz CT molecular complexity index is 1090. The molecule has 0 aliphatic carbocycles. The molecule has 0 fully saturated rings. The highest BCUT2D eigenvalue weighted by atomic mass is 16.5. The number of amides is 1. The molecule has 1 N–H and O–H groups in total. The Hall–Kier alpha value is -3.66. The highest BCUT2D eigenvalue weighted by Crippen LogP contribution is 2.35. The second kappa shape index (κ2) is 6.01. The van der Waals surface area contributed by atoms with E-state index in [-0.39, 0.29) is 23.8 Å². The molecule has 7 heteroatoms. The van der Waals surface area contributed by atoms with Crippen LogP contribution in [-0.4, -0.2) is 27.8 Å². The van der Waals surface area contributed by atoms with Crippen LogP contribution in [0, 0.1) is 11.3 Å². The van der Waals surface area contributed by atoms with E-state index in [1.54, 1.807) is 29.8 Å². The maximum Gasteiger partial charge on any atom is 0.262 e. The molecule has 1 aliphatic heterocycles. The topological polar surface area (TPSA) is 97.0 Å². The molecule has 0 saturated heterocycles. The second-order valence-electron chi connectivity index (χ2n) is 5.96. The van der Waals surface area contributed by atoms with Crippen molar-refractivity contribution in [1.29, 1.82) is 5.26 Å². The maximum absolute atomic E-state index is 13.1. The third-order valence-corrected chi connectivity index (χ3v) is 4.37. The van der Waals surface area contributed by atoms with Crippen molar-refractivity contribution < 1.29 is 14.3 Å². The lowest BCUT2D eigenvalue weighted by atomic mass is 9.96. The van der Waals surface area contributed by atoms with Gasteiger partial charge in [0.15, 0.2) is 24.1 Å². The van der Waals surface area contributed by atoms with Gasteiger partial charge in [0, 0.05) is 7.05 Å². The van der Waals surface area contributed by atoms with Crippen molar-refractivity contribution in [3.8, 4) is 11.8 Å². The van der Waals surface area contributed by atoms with Gasteiger partial charge in [-0.3, -0.25) is 9.59 Å². The van der Waals surface area contributed by atoms with Crippen LogP contribution in [0.15, 0.2) is 42.5 Å². The average Bonchev–Trinajstić information content (AvgIpc) is 2.98. The van der Waals surface area contributed by atoms with Gasteiger partial charge >= 0.3 is 0 Å². The Morgan fingerprint density at radius 2 is 2.12 bits per heavy atom. The number of fused-ring (bicyclic) bond motifs is 2. The number of nitriles is 1. The van der Waals surface area contributed by atoms with Crippen LogP contribution in [-0.2, 0) is 11.8 Å². The first-order valence-corrected chi connectivity index (χ1v) is 8.01. The Morgan fingerprint density at radius 1 is 1.31 bits per heavy atom. The Balaban J connectivity index is 1.80. The monoisotopic (exact) mass is 346 g/mol. The number of carbonyl (C=O) groups is 2. The summed E-state index contributed by atoms with van der Waals surface area (Å²) in [5, 5.41) is 12.3. The summed E-state index contributed by atoms with van der Waals surface area (Å²) >= 11 is 0. The number of hydrogen-bond donors (Lipinski definition) is 1. The summed E-state index contributed by atoms with van der Waals surface area (Å²) in [6, 6.07) is 14.4. The molecule has 2 heterocycles. The van der Waals surface area contributed by atoms with E-state index in [2.05, 4.69) is 16.4 Å². The van der Waals surface area contributed by atoms with Gasteiger partial charge < -0.3 is 14.6 Å². The van der Waals surface area contributed by atoms with E-state index in [0.717, 1.165) is 11.0 Å². The predicted octanol–water partition coefficient (Wildman–Crippen LogP) is 2.39. The van der Waals surface area contributed by atoms with E-state index in [1.165, 1.54) is 0 Å². The molecule has 7 nitrogen and oxygen atoms in total. The molecule has 1 aliphatic rings. The van der Waals surface area contributed by atoms with Crippen LogP contribution in [0.5, 0.6) is 5.75 Å². The summed E-state index contributed by atoms with van der Waals surface area (Å²) in [5.41, 5.74) is 2.24. The molecule has 1 amide bonds. The highest BCUT2D eigenvalue weighted by molar-refractivity contribution is 6.08. The summed E-state index contributed by atoms with van der Waals surface area (Å²) in [5.74, 6) is -1.12. The Morgan fingerprint density at radius 3 is 2.88 bits per heavy atom. The minimum atomic E-state index is -1.08. The van der Waals surface area contributed by atoms with Gasteiger partial charge in [-0.2, -0.15) is 5.26 Å². The number of anilines is 1. The molecule has 0 bridgehead atoms. The molecule has 3 aromatic rings. The van der Waals surface area contributed by atoms with Crippen molar-refractivity contribution >= 4 is 28.4 Å². The summed E-state index contributed by atoms with van der Waals surface area (Å²) < 4.78 is 7.19. The number of Topliss-reactive ketones (excluding diaryl/α,β-unsaturated/α-hetero) is 1. The smallest absolute Gasteiger partial charge is 0.262 e. The number of carbonyl (C=O) groups excluding carboxylic acids is 2. The van der Waals surface area contributed by atoms with Crippen LogP contribution < -0.4 is 10.1 Å². The molecule has 0 spiro atoms. The van der Waals surface area contributed by atoms with Gasteiger partial charge in [-0.15, -0.1) is 0 Å². The molecule has 1 atom stereocenters. The third-order valence-electron chi connectivity index (χ3n) is 4.37. The number of nitrogens with zero attached hydrogens (tertiary/aromatic N) is 3. The standard InChI is InChI=1S/C19H14N4O3/c1-23-15-8-3-2-6-13(15)22-19(23)12(9-20)17(25)11-5-4-7-14-18(11)26-10-16(24)21-14/h2-8,12H,10H2,1H3,(H,21,24). The minimum absolute atomic E-state index is 0.166. The first-order chi connectivity index (χ1) is 12.6. The number of rotatable bonds is 3. The van der Waals surface area contributed by atoms with E-state index in [9.17, 15) is 14.9 Å². The lowest BCUT2D eigenvalue weighted by Crippen LogP contribution is -2.27. The number of aromatic nitrogens is 2. The molecule has 1 aromatic heterocycles. The molecule has 26 heavy (non-hydrogen) atoms. The summed E-state index contributed by atoms with van der Waals surface area (Å²) in [4.78, 5) is 29.0. The lowest BCUT2D eigenvalue weighted by Gasteiger charge is -2.20. The number of benzene rings is 2. The van der Waals surface area contributed by atoms with E-state index in [1.807, 2.05) is 24.3 Å².